The van der Waals surface area contributed by atoms with Crippen molar-refractivity contribution in [3.05, 3.63) is 142 Å². The number of aliphatic hydroxyl groups is 1. The van der Waals surface area contributed by atoms with Crippen molar-refractivity contribution in [3.63, 3.8) is 0 Å². The van der Waals surface area contributed by atoms with Gasteiger partial charge in [-0.15, -0.1) is 0 Å². The molecule has 8 heteroatoms. The van der Waals surface area contributed by atoms with Gasteiger partial charge in [-0.2, -0.15) is 4.58 Å². The number of ketones is 1. The minimum absolute atomic E-state index is 0.0696. The Kier molecular flexibility index (Phi) is 13.6. The molecule has 304 valence electrons. The number of aryl methyl sites for hydroxylation is 6. The van der Waals surface area contributed by atoms with Gasteiger partial charge in [-0.3, -0.25) is 4.79 Å². The molecular weight excluding hydrogens is 725 g/mol. The van der Waals surface area contributed by atoms with Crippen molar-refractivity contribution >= 4 is 46.1 Å². The van der Waals surface area contributed by atoms with Crippen LogP contribution in [0.15, 0.2) is 103 Å². The first-order valence-corrected chi connectivity index (χ1v) is 20.2. The highest BCUT2D eigenvalue weighted by atomic mass is 16.5. The van der Waals surface area contributed by atoms with Crippen molar-refractivity contribution in [2.45, 2.75) is 94.3 Å². The van der Waals surface area contributed by atoms with Crippen molar-refractivity contribution in [1.82, 2.24) is 0 Å². The van der Waals surface area contributed by atoms with Gasteiger partial charge in [-0.1, -0.05) is 74.5 Å². The summed E-state index contributed by atoms with van der Waals surface area (Å²) in [4.78, 5) is 41.0. The number of nitrogens with zero attached hydrogens (tertiary/aromatic N) is 2. The number of allylic oxidation sites excluding steroid dienone is 6. The lowest BCUT2D eigenvalue weighted by molar-refractivity contribution is -0.451. The van der Waals surface area contributed by atoms with E-state index in [9.17, 15) is 19.5 Å². The van der Waals surface area contributed by atoms with Gasteiger partial charge < -0.3 is 19.5 Å². The third-order valence-electron chi connectivity index (χ3n) is 11.0. The Labute approximate surface area is 344 Å². The lowest BCUT2D eigenvalue weighted by Crippen LogP contribution is -2.36. The van der Waals surface area contributed by atoms with Crippen LogP contribution in [0.5, 0.6) is 0 Å². The van der Waals surface area contributed by atoms with Gasteiger partial charge in [0.1, 0.15) is 11.9 Å². The van der Waals surface area contributed by atoms with E-state index in [1.165, 1.54) is 0 Å². The van der Waals surface area contributed by atoms with Crippen LogP contribution in [-0.2, 0) is 23.9 Å². The zero-order valence-corrected chi connectivity index (χ0v) is 35.9. The molecule has 5 rings (SSSR count). The number of carbonyl (C=O) groups excluding carboxylic acids is 3. The van der Waals surface area contributed by atoms with E-state index < -0.39 is 17.9 Å². The first kappa shape index (κ1) is 43.4. The number of esters is 2. The number of carbonyl (C=O) groups is 3. The van der Waals surface area contributed by atoms with Gasteiger partial charge in [0.05, 0.1) is 18.0 Å². The smallest absolute Gasteiger partial charge is 0.333 e. The molecule has 0 aromatic heterocycles. The van der Waals surface area contributed by atoms with Crippen LogP contribution in [0.1, 0.15) is 79.5 Å². The molecule has 2 aliphatic carbocycles. The number of Topliss-reactive ketones (excluding diaryl/α,β-unsaturated/α-hetero) is 1. The monoisotopic (exact) mass is 783 g/mol. The van der Waals surface area contributed by atoms with E-state index in [2.05, 4.69) is 88.4 Å². The van der Waals surface area contributed by atoms with Gasteiger partial charge >= 0.3 is 11.9 Å². The predicted octanol–water partition coefficient (Wildman–Crippen LogP) is 10.5. The molecule has 8 nitrogen and oxygen atoms in total. The number of hydrogen-bond acceptors (Lipinski definition) is 7. The second kappa shape index (κ2) is 18.2. The summed E-state index contributed by atoms with van der Waals surface area (Å²) in [5.74, 6) is -1.91. The van der Waals surface area contributed by atoms with Crippen LogP contribution in [-0.4, -0.2) is 58.4 Å². The van der Waals surface area contributed by atoms with Crippen molar-refractivity contribution < 1.29 is 33.5 Å². The number of ether oxygens (including phenoxy) is 2. The third-order valence-corrected chi connectivity index (χ3v) is 11.0. The molecule has 0 bridgehead atoms. The summed E-state index contributed by atoms with van der Waals surface area (Å²) in [5.41, 5.74) is 12.2. The van der Waals surface area contributed by atoms with E-state index in [-0.39, 0.29) is 29.7 Å². The molecular formula is C50H59N2O6+. The summed E-state index contributed by atoms with van der Waals surface area (Å²) in [6.45, 7) is 28.1. The van der Waals surface area contributed by atoms with Crippen LogP contribution in [0.3, 0.4) is 0 Å². The highest BCUT2D eigenvalue weighted by Gasteiger charge is 2.44. The average molecular weight is 784 g/mol. The van der Waals surface area contributed by atoms with E-state index >= 15 is 0 Å². The molecule has 0 amide bonds. The van der Waals surface area contributed by atoms with E-state index in [1.54, 1.807) is 13.8 Å². The molecule has 0 heterocycles. The molecule has 1 N–H and O–H groups in total. The molecule has 0 fully saturated rings. The number of anilines is 2. The van der Waals surface area contributed by atoms with Gasteiger partial charge in [0.15, 0.2) is 18.4 Å². The third kappa shape index (κ3) is 9.33. The molecule has 2 aliphatic rings. The Balaban J connectivity index is 1.43. The van der Waals surface area contributed by atoms with E-state index in [1.807, 2.05) is 62.4 Å². The Morgan fingerprint density at radius 1 is 0.776 bits per heavy atom. The number of rotatable bonds is 15. The van der Waals surface area contributed by atoms with Gasteiger partial charge in [0.2, 0.25) is 11.4 Å². The summed E-state index contributed by atoms with van der Waals surface area (Å²) in [7, 11) is 0. The zero-order valence-electron chi connectivity index (χ0n) is 35.9. The molecule has 3 atom stereocenters. The zero-order chi connectivity index (χ0) is 42.6. The Bertz CT molecular complexity index is 2210. The number of aliphatic hydroxyl groups excluding tert-OH is 1. The van der Waals surface area contributed by atoms with Crippen LogP contribution in [0.2, 0.25) is 0 Å². The summed E-state index contributed by atoms with van der Waals surface area (Å²) < 4.78 is 13.8. The minimum atomic E-state index is -0.692. The lowest BCUT2D eigenvalue weighted by Gasteiger charge is -2.33. The molecule has 0 saturated heterocycles. The Morgan fingerprint density at radius 3 is 1.72 bits per heavy atom. The quantitative estimate of drug-likeness (QED) is 0.0931. The van der Waals surface area contributed by atoms with Crippen LogP contribution in [0.25, 0.3) is 5.57 Å². The fraction of sp³-hybridized carbons (Fsp3) is 0.360. The van der Waals surface area contributed by atoms with Gasteiger partial charge in [0, 0.05) is 51.7 Å². The topological polar surface area (TPSA) is 96.1 Å². The van der Waals surface area contributed by atoms with Crippen molar-refractivity contribution in [2.75, 3.05) is 18.0 Å². The Morgan fingerprint density at radius 2 is 1.26 bits per heavy atom. The fourth-order valence-corrected chi connectivity index (χ4v) is 8.14. The second-order valence-corrected chi connectivity index (χ2v) is 16.0. The molecule has 0 spiro atoms. The molecule has 3 aromatic carbocycles. The molecule has 0 aliphatic heterocycles. The van der Waals surface area contributed by atoms with Crippen molar-refractivity contribution in [1.29, 1.82) is 0 Å². The maximum absolute atomic E-state index is 13.9. The second-order valence-electron chi connectivity index (χ2n) is 16.0. The maximum Gasteiger partial charge on any atom is 0.333 e. The summed E-state index contributed by atoms with van der Waals surface area (Å²) in [6, 6.07) is 16.2. The molecule has 0 radical (unpaired) electrons. The SMILES string of the molecule is C=C(C)C(=O)OC(CC)CN(c1ccc(C2=C(O)C(C3C=CC(=[N+](CC(CC)OC(=O)C(=C)C)c4c(C)cc(C)cc4C)C=C3)C2=O)cc1)c1c(C)cc(C)cc1C. The summed E-state index contributed by atoms with van der Waals surface area (Å²) in [6.07, 6.45) is 8.39. The summed E-state index contributed by atoms with van der Waals surface area (Å²) in [5, 5.41) is 11.5. The largest absolute Gasteiger partial charge is 0.511 e. The standard InChI is InChI=1S/C50H58N2O6/c1-13-41(57-49(55)29(3)4)27-51(45-33(9)23-31(7)24-34(45)10)39-19-15-37(16-20-39)43-47(53)44(48(43)54)38-17-21-40(22-18-38)52(28-42(14-2)58-50(56)30(5)6)46-35(11)25-32(8)26-36(46)12/h15-26,37,41-43H,3,5,13-14,27-28H2,1-2,4,6-12H3/p+1. The molecule has 3 aromatic rings. The predicted molar refractivity (Wildman–Crippen MR) is 234 cm³/mol. The van der Waals surface area contributed by atoms with Gasteiger partial charge in [-0.25, -0.2) is 9.59 Å². The van der Waals surface area contributed by atoms with Crippen LogP contribution < -0.4 is 4.90 Å². The highest BCUT2D eigenvalue weighted by Crippen LogP contribution is 2.43. The van der Waals surface area contributed by atoms with Crippen molar-refractivity contribution in [3.8, 4) is 0 Å². The maximum atomic E-state index is 13.9. The lowest BCUT2D eigenvalue weighted by atomic mass is 9.71. The van der Waals surface area contributed by atoms with Crippen LogP contribution >= 0.6 is 0 Å². The normalized spacial score (nSPS) is 17.1. The van der Waals surface area contributed by atoms with Crippen LogP contribution in [0.4, 0.5) is 17.1 Å². The van der Waals surface area contributed by atoms with Crippen LogP contribution in [0, 0.1) is 53.4 Å². The molecule has 58 heavy (non-hydrogen) atoms. The number of hydrogen-bond donors (Lipinski definition) is 1. The van der Waals surface area contributed by atoms with E-state index in [0.717, 1.165) is 56.2 Å². The average Bonchev–Trinajstić information content (AvgIpc) is 3.16. The van der Waals surface area contributed by atoms with Gasteiger partial charge in [0.25, 0.3) is 0 Å². The fourth-order valence-electron chi connectivity index (χ4n) is 8.14. The molecule has 0 saturated carbocycles. The molecule has 3 unspecified atom stereocenters. The first-order valence-electron chi connectivity index (χ1n) is 20.2. The Hall–Kier alpha value is -5.76. The van der Waals surface area contributed by atoms with E-state index in [0.29, 0.717) is 48.2 Å². The van der Waals surface area contributed by atoms with E-state index in [4.69, 9.17) is 9.47 Å². The summed E-state index contributed by atoms with van der Waals surface area (Å²) >= 11 is 0. The van der Waals surface area contributed by atoms with Gasteiger partial charge in [-0.05, 0) is 109 Å². The number of benzene rings is 3. The first-order chi connectivity index (χ1) is 27.4. The van der Waals surface area contributed by atoms with Crippen molar-refractivity contribution in [2.24, 2.45) is 11.8 Å². The highest BCUT2D eigenvalue weighted by molar-refractivity contribution is 6.30. The minimum Gasteiger partial charge on any atom is -0.511 e.